The van der Waals surface area contributed by atoms with Crippen LogP contribution in [-0.2, 0) is 4.79 Å². The summed E-state index contributed by atoms with van der Waals surface area (Å²) in [4.78, 5) is 23.3. The largest absolute Gasteiger partial charge is 0.484 e. The Morgan fingerprint density at radius 1 is 1.17 bits per heavy atom. The van der Waals surface area contributed by atoms with Gasteiger partial charge in [-0.05, 0) is 42.8 Å². The molecule has 0 atom stereocenters. The zero-order valence-electron chi connectivity index (χ0n) is 12.2. The fraction of sp³-hybridized carbons (Fsp3) is 0.125. The predicted molar refractivity (Wildman–Crippen MR) is 86.4 cm³/mol. The molecule has 23 heavy (non-hydrogen) atoms. The van der Waals surface area contributed by atoms with Crippen molar-refractivity contribution in [3.05, 3.63) is 63.9 Å². The van der Waals surface area contributed by atoms with Crippen LogP contribution in [0.3, 0.4) is 0 Å². The molecule has 0 aliphatic carbocycles. The van der Waals surface area contributed by atoms with Gasteiger partial charge in [0.1, 0.15) is 11.6 Å². The summed E-state index contributed by atoms with van der Waals surface area (Å²) in [5, 5.41) is 0. The Labute approximate surface area is 140 Å². The second kappa shape index (κ2) is 7.73. The van der Waals surface area contributed by atoms with Gasteiger partial charge in [0.15, 0.2) is 6.61 Å². The van der Waals surface area contributed by atoms with Crippen molar-refractivity contribution in [2.24, 2.45) is 0 Å². The number of hydrogen-bond donors (Lipinski definition) is 2. The number of amides is 2. The molecule has 0 fully saturated rings. The lowest BCUT2D eigenvalue weighted by Gasteiger charge is -2.10. The van der Waals surface area contributed by atoms with Crippen LogP contribution in [0.4, 0.5) is 4.39 Å². The molecule has 0 heterocycles. The van der Waals surface area contributed by atoms with Crippen molar-refractivity contribution < 1.29 is 18.7 Å². The maximum Gasteiger partial charge on any atom is 0.276 e. The third kappa shape index (κ3) is 4.79. The minimum atomic E-state index is -0.740. The molecule has 120 valence electrons. The summed E-state index contributed by atoms with van der Waals surface area (Å²) in [7, 11) is 0. The Balaban J connectivity index is 1.82. The molecule has 5 nitrogen and oxygen atoms in total. The highest BCUT2D eigenvalue weighted by atomic mass is 79.9. The normalized spacial score (nSPS) is 10.0. The number of nitrogens with one attached hydrogen (secondary N) is 2. The lowest BCUT2D eigenvalue weighted by Crippen LogP contribution is -2.44. The molecule has 2 aromatic carbocycles. The molecule has 0 bridgehead atoms. The van der Waals surface area contributed by atoms with E-state index in [1.807, 2.05) is 13.0 Å². The average molecular weight is 381 g/mol. The molecule has 2 amide bonds. The third-order valence-corrected chi connectivity index (χ3v) is 3.82. The number of ether oxygens (including phenoxy) is 1. The van der Waals surface area contributed by atoms with Crippen LogP contribution in [-0.4, -0.2) is 18.4 Å². The number of benzene rings is 2. The lowest BCUT2D eigenvalue weighted by atomic mass is 10.2. The molecule has 0 radical (unpaired) electrons. The van der Waals surface area contributed by atoms with Crippen molar-refractivity contribution in [2.45, 2.75) is 6.92 Å². The van der Waals surface area contributed by atoms with Crippen molar-refractivity contribution >= 4 is 27.7 Å². The minimum absolute atomic E-state index is 0.155. The van der Waals surface area contributed by atoms with Gasteiger partial charge in [-0.15, -0.1) is 0 Å². The number of aryl methyl sites for hydroxylation is 1. The van der Waals surface area contributed by atoms with Gasteiger partial charge in [-0.2, -0.15) is 0 Å². The Kier molecular flexibility index (Phi) is 5.70. The van der Waals surface area contributed by atoms with E-state index in [2.05, 4.69) is 26.8 Å². The van der Waals surface area contributed by atoms with E-state index in [1.165, 1.54) is 18.2 Å². The molecular formula is C16H14BrFN2O3. The highest BCUT2D eigenvalue weighted by Gasteiger charge is 2.11. The summed E-state index contributed by atoms with van der Waals surface area (Å²) >= 11 is 3.37. The molecule has 0 saturated carbocycles. The van der Waals surface area contributed by atoms with Crippen molar-refractivity contribution in [2.75, 3.05) is 6.61 Å². The Morgan fingerprint density at radius 3 is 2.61 bits per heavy atom. The SMILES string of the molecule is Cc1cc(OCC(=O)NNC(=O)c2ccccc2F)ccc1Br. The van der Waals surface area contributed by atoms with Crippen molar-refractivity contribution in [1.82, 2.24) is 10.9 Å². The van der Waals surface area contributed by atoms with Crippen LogP contribution in [0.2, 0.25) is 0 Å². The standard InChI is InChI=1S/C16H14BrFN2O3/c1-10-8-11(6-7-13(10)17)23-9-15(21)19-20-16(22)12-4-2-3-5-14(12)18/h2-8H,9H2,1H3,(H,19,21)(H,20,22). The second-order valence-electron chi connectivity index (χ2n) is 4.68. The van der Waals surface area contributed by atoms with E-state index in [9.17, 15) is 14.0 Å². The second-order valence-corrected chi connectivity index (χ2v) is 5.54. The molecule has 2 aromatic rings. The monoisotopic (exact) mass is 380 g/mol. The van der Waals surface area contributed by atoms with Gasteiger partial charge in [0.05, 0.1) is 5.56 Å². The fourth-order valence-electron chi connectivity index (χ4n) is 1.73. The summed E-state index contributed by atoms with van der Waals surface area (Å²) in [6.45, 7) is 1.62. The van der Waals surface area contributed by atoms with Gasteiger partial charge in [-0.1, -0.05) is 28.1 Å². The molecule has 0 saturated heterocycles. The molecular weight excluding hydrogens is 367 g/mol. The average Bonchev–Trinajstić information content (AvgIpc) is 2.54. The van der Waals surface area contributed by atoms with Crippen molar-refractivity contribution in [3.63, 3.8) is 0 Å². The predicted octanol–water partition coefficient (Wildman–Crippen LogP) is 2.74. The number of halogens is 2. The van der Waals surface area contributed by atoms with E-state index in [0.29, 0.717) is 5.75 Å². The zero-order chi connectivity index (χ0) is 16.8. The van der Waals surface area contributed by atoms with Gasteiger partial charge in [-0.3, -0.25) is 20.4 Å². The highest BCUT2D eigenvalue weighted by molar-refractivity contribution is 9.10. The van der Waals surface area contributed by atoms with Gasteiger partial charge in [-0.25, -0.2) is 4.39 Å². The van der Waals surface area contributed by atoms with Crippen LogP contribution in [0.5, 0.6) is 5.75 Å². The first-order valence-electron chi connectivity index (χ1n) is 6.70. The van der Waals surface area contributed by atoms with E-state index in [1.54, 1.807) is 12.1 Å². The number of hydrogen-bond acceptors (Lipinski definition) is 3. The summed E-state index contributed by atoms with van der Waals surface area (Å²) in [5.41, 5.74) is 5.11. The molecule has 0 aliphatic heterocycles. The Hall–Kier alpha value is -2.41. The minimum Gasteiger partial charge on any atom is -0.484 e. The first kappa shape index (κ1) is 17.0. The van der Waals surface area contributed by atoms with Crippen LogP contribution in [0.15, 0.2) is 46.9 Å². The van der Waals surface area contributed by atoms with Crippen LogP contribution in [0.1, 0.15) is 15.9 Å². The smallest absolute Gasteiger partial charge is 0.276 e. The van der Waals surface area contributed by atoms with Crippen LogP contribution in [0.25, 0.3) is 0 Å². The molecule has 0 aromatic heterocycles. The Morgan fingerprint density at radius 2 is 1.91 bits per heavy atom. The third-order valence-electron chi connectivity index (χ3n) is 2.93. The van der Waals surface area contributed by atoms with Crippen LogP contribution < -0.4 is 15.6 Å². The van der Waals surface area contributed by atoms with Crippen molar-refractivity contribution in [3.8, 4) is 5.75 Å². The van der Waals surface area contributed by atoms with Crippen LogP contribution in [0, 0.1) is 12.7 Å². The maximum atomic E-state index is 13.4. The van der Waals surface area contributed by atoms with E-state index < -0.39 is 17.6 Å². The zero-order valence-corrected chi connectivity index (χ0v) is 13.8. The van der Waals surface area contributed by atoms with Gasteiger partial charge < -0.3 is 4.74 Å². The first-order valence-corrected chi connectivity index (χ1v) is 7.49. The van der Waals surface area contributed by atoms with Gasteiger partial charge in [0.25, 0.3) is 11.8 Å². The van der Waals surface area contributed by atoms with Gasteiger partial charge in [0, 0.05) is 4.47 Å². The molecule has 0 unspecified atom stereocenters. The quantitative estimate of drug-likeness (QED) is 0.801. The molecule has 0 spiro atoms. The summed E-state index contributed by atoms with van der Waals surface area (Å²) in [6.07, 6.45) is 0. The highest BCUT2D eigenvalue weighted by Crippen LogP contribution is 2.21. The van der Waals surface area contributed by atoms with Gasteiger partial charge in [0.2, 0.25) is 0 Å². The lowest BCUT2D eigenvalue weighted by molar-refractivity contribution is -0.123. The van der Waals surface area contributed by atoms with Crippen molar-refractivity contribution in [1.29, 1.82) is 0 Å². The number of rotatable bonds is 4. The molecule has 2 N–H and O–H groups in total. The van der Waals surface area contributed by atoms with Gasteiger partial charge >= 0.3 is 0 Å². The van der Waals surface area contributed by atoms with E-state index in [4.69, 9.17) is 4.74 Å². The first-order chi connectivity index (χ1) is 11.0. The summed E-state index contributed by atoms with van der Waals surface area (Å²) in [5.74, 6) is -1.44. The van der Waals surface area contributed by atoms with E-state index in [0.717, 1.165) is 16.1 Å². The summed E-state index contributed by atoms with van der Waals surface area (Å²) < 4.78 is 19.6. The summed E-state index contributed by atoms with van der Waals surface area (Å²) in [6, 6.07) is 10.8. The van der Waals surface area contributed by atoms with E-state index in [-0.39, 0.29) is 12.2 Å². The topological polar surface area (TPSA) is 67.4 Å². The fourth-order valence-corrected chi connectivity index (χ4v) is 1.98. The maximum absolute atomic E-state index is 13.4. The molecule has 0 aliphatic rings. The molecule has 2 rings (SSSR count). The van der Waals surface area contributed by atoms with E-state index >= 15 is 0 Å². The Bertz CT molecular complexity index is 737. The number of carbonyl (C=O) groups excluding carboxylic acids is 2. The molecule has 7 heteroatoms. The van der Waals surface area contributed by atoms with Crippen LogP contribution >= 0.6 is 15.9 Å². The number of hydrazine groups is 1. The number of carbonyl (C=O) groups is 2.